The molecule has 2 N–H and O–H groups in total. The third-order valence-electron chi connectivity index (χ3n) is 6.32. The highest BCUT2D eigenvalue weighted by Crippen LogP contribution is 2.44. The van der Waals surface area contributed by atoms with E-state index >= 15 is 0 Å². The molecule has 2 aromatic rings. The minimum Gasteiger partial charge on any atom is -0.394 e. The van der Waals surface area contributed by atoms with Crippen LogP contribution in [0.3, 0.4) is 0 Å². The first-order valence-corrected chi connectivity index (χ1v) is 13.1. The van der Waals surface area contributed by atoms with Gasteiger partial charge in [-0.3, -0.25) is 0 Å². The number of hydrogen-bond donors (Lipinski definition) is 2. The van der Waals surface area contributed by atoms with Gasteiger partial charge < -0.3 is 28.8 Å². The van der Waals surface area contributed by atoms with Gasteiger partial charge >= 0.3 is 0 Å². The minimum absolute atomic E-state index is 0.239. The third-order valence-corrected chi connectivity index (χ3v) is 11.3. The van der Waals surface area contributed by atoms with E-state index in [1.165, 1.54) is 0 Å². The van der Waals surface area contributed by atoms with E-state index in [4.69, 9.17) is 18.6 Å². The molecule has 2 heterocycles. The van der Waals surface area contributed by atoms with Crippen LogP contribution >= 0.6 is 0 Å². The molecule has 1 unspecified atom stereocenters. The Hall–Kier alpha value is -1.58. The summed E-state index contributed by atoms with van der Waals surface area (Å²) < 4.78 is 25.6. The van der Waals surface area contributed by atoms with E-state index in [-0.39, 0.29) is 5.04 Å². The van der Waals surface area contributed by atoms with Crippen molar-refractivity contribution < 1.29 is 28.8 Å². The molecule has 2 aromatic carbocycles. The van der Waals surface area contributed by atoms with Crippen molar-refractivity contribution in [1.82, 2.24) is 0 Å². The summed E-state index contributed by atoms with van der Waals surface area (Å²) in [5.74, 6) is -0.834. The summed E-state index contributed by atoms with van der Waals surface area (Å²) in [4.78, 5) is 0. The van der Waals surface area contributed by atoms with E-state index in [9.17, 15) is 10.2 Å². The van der Waals surface area contributed by atoms with Crippen LogP contribution in [0.15, 0.2) is 60.7 Å². The van der Waals surface area contributed by atoms with Crippen molar-refractivity contribution in [1.29, 1.82) is 0 Å². The Kier molecular flexibility index (Phi) is 6.37. The molecule has 4 rings (SSSR count). The first kappa shape index (κ1) is 23.6. The summed E-state index contributed by atoms with van der Waals surface area (Å²) in [6.07, 6.45) is -3.63. The summed E-state index contributed by atoms with van der Waals surface area (Å²) in [7, 11) is -2.90. The van der Waals surface area contributed by atoms with E-state index in [0.29, 0.717) is 0 Å². The van der Waals surface area contributed by atoms with Crippen LogP contribution in [0, 0.1) is 0 Å². The Morgan fingerprint density at radius 1 is 0.938 bits per heavy atom. The molecule has 32 heavy (non-hydrogen) atoms. The predicted molar refractivity (Wildman–Crippen MR) is 124 cm³/mol. The monoisotopic (exact) mass is 458 g/mol. The Morgan fingerprint density at radius 3 is 1.91 bits per heavy atom. The molecule has 7 heteroatoms. The number of ether oxygens (including phenoxy) is 3. The van der Waals surface area contributed by atoms with Gasteiger partial charge in [-0.25, -0.2) is 0 Å². The second-order valence-electron chi connectivity index (χ2n) is 10.1. The molecule has 0 bridgehead atoms. The standard InChI is InChI=1S/C25H34O6Si/c1-24(2,3)32(17-12-8-6-9-13-17,18-14-10-7-11-15-18)31-23-22-21(29-25(4,5)30-22)20(28-23)19(27)16-26/h6-15,19-23,26-27H,16H2,1-5H3/t19-,20+,21-,22-,23?/m0/s1. The molecular formula is C25H34O6Si. The first-order valence-electron chi connectivity index (χ1n) is 11.2. The molecule has 0 saturated carbocycles. The summed E-state index contributed by atoms with van der Waals surface area (Å²) in [6.45, 7) is 9.84. The van der Waals surface area contributed by atoms with Crippen molar-refractivity contribution in [2.24, 2.45) is 0 Å². The van der Waals surface area contributed by atoms with Gasteiger partial charge in [-0.15, -0.1) is 0 Å². The fraction of sp³-hybridized carbons (Fsp3) is 0.520. The highest BCUT2D eigenvalue weighted by atomic mass is 28.4. The number of aliphatic hydroxyl groups excluding tert-OH is 2. The number of hydrogen-bond acceptors (Lipinski definition) is 6. The van der Waals surface area contributed by atoms with Crippen molar-refractivity contribution in [3.63, 3.8) is 0 Å². The number of aliphatic hydroxyl groups is 2. The fourth-order valence-electron chi connectivity index (χ4n) is 4.97. The van der Waals surface area contributed by atoms with E-state index < -0.39 is 51.4 Å². The molecular weight excluding hydrogens is 424 g/mol. The highest BCUT2D eigenvalue weighted by Gasteiger charge is 2.61. The zero-order valence-corrected chi connectivity index (χ0v) is 20.4. The van der Waals surface area contributed by atoms with Gasteiger partial charge in [0.1, 0.15) is 24.4 Å². The minimum atomic E-state index is -2.90. The van der Waals surface area contributed by atoms with Gasteiger partial charge in [0.2, 0.25) is 0 Å². The Morgan fingerprint density at radius 2 is 1.44 bits per heavy atom. The second-order valence-corrected chi connectivity index (χ2v) is 14.3. The average molecular weight is 459 g/mol. The van der Waals surface area contributed by atoms with Crippen molar-refractivity contribution in [2.75, 3.05) is 6.61 Å². The van der Waals surface area contributed by atoms with Crippen LogP contribution in [0.25, 0.3) is 0 Å². The molecule has 0 aromatic heterocycles. The molecule has 0 aliphatic carbocycles. The van der Waals surface area contributed by atoms with Crippen LogP contribution in [0.1, 0.15) is 34.6 Å². The molecule has 5 atom stereocenters. The van der Waals surface area contributed by atoms with E-state index in [0.717, 1.165) is 10.4 Å². The smallest absolute Gasteiger partial charge is 0.264 e. The van der Waals surface area contributed by atoms with Gasteiger partial charge in [0.15, 0.2) is 12.1 Å². The van der Waals surface area contributed by atoms with Crippen LogP contribution in [-0.2, 0) is 18.6 Å². The molecule has 0 spiro atoms. The van der Waals surface area contributed by atoms with Gasteiger partial charge in [0.05, 0.1) is 6.61 Å². The molecule has 2 saturated heterocycles. The van der Waals surface area contributed by atoms with Crippen molar-refractivity contribution in [3.05, 3.63) is 60.7 Å². The maximum atomic E-state index is 10.4. The Bertz CT molecular complexity index is 858. The molecule has 0 radical (unpaired) electrons. The fourth-order valence-corrected chi connectivity index (χ4v) is 9.52. The van der Waals surface area contributed by atoms with Crippen molar-refractivity contribution in [3.8, 4) is 0 Å². The SMILES string of the molecule is CC1(C)O[C@H]2[C@@H]([C@@H](O)CO)OC(O[Si](c3ccccc3)(c3ccccc3)C(C)(C)C)[C@H]2O1. The van der Waals surface area contributed by atoms with E-state index in [1.807, 2.05) is 50.2 Å². The maximum Gasteiger partial charge on any atom is 0.264 e. The van der Waals surface area contributed by atoms with Crippen molar-refractivity contribution >= 4 is 18.7 Å². The average Bonchev–Trinajstić information content (AvgIpc) is 3.24. The summed E-state index contributed by atoms with van der Waals surface area (Å²) in [5, 5.41) is 22.0. The normalized spacial score (nSPS) is 28.5. The lowest BCUT2D eigenvalue weighted by Gasteiger charge is -2.45. The van der Waals surface area contributed by atoms with Gasteiger partial charge in [0.25, 0.3) is 8.32 Å². The number of fused-ring (bicyclic) bond motifs is 1. The highest BCUT2D eigenvalue weighted by molar-refractivity contribution is 6.99. The number of benzene rings is 2. The summed E-state index contributed by atoms with van der Waals surface area (Å²) in [5.41, 5.74) is 0. The zero-order valence-electron chi connectivity index (χ0n) is 19.4. The zero-order chi connectivity index (χ0) is 23.1. The quantitative estimate of drug-likeness (QED) is 0.646. The summed E-state index contributed by atoms with van der Waals surface area (Å²) >= 11 is 0. The van der Waals surface area contributed by atoms with Gasteiger partial charge in [-0.05, 0) is 29.3 Å². The van der Waals surface area contributed by atoms with Crippen LogP contribution in [0.4, 0.5) is 0 Å². The van der Waals surface area contributed by atoms with E-state index in [2.05, 4.69) is 45.0 Å². The van der Waals surface area contributed by atoms with Gasteiger partial charge in [-0.1, -0.05) is 81.4 Å². The van der Waals surface area contributed by atoms with Crippen LogP contribution < -0.4 is 10.4 Å². The lowest BCUT2D eigenvalue weighted by Crippen LogP contribution is -2.68. The third kappa shape index (κ3) is 4.07. The first-order chi connectivity index (χ1) is 15.1. The van der Waals surface area contributed by atoms with Crippen LogP contribution in [0.2, 0.25) is 5.04 Å². The Labute approximate surface area is 191 Å². The lowest BCUT2D eigenvalue weighted by atomic mass is 10.1. The molecule has 6 nitrogen and oxygen atoms in total. The van der Waals surface area contributed by atoms with Gasteiger partial charge in [0, 0.05) is 0 Å². The largest absolute Gasteiger partial charge is 0.394 e. The number of rotatable bonds is 6. The maximum absolute atomic E-state index is 10.4. The molecule has 2 aliphatic rings. The predicted octanol–water partition coefficient (Wildman–Crippen LogP) is 2.16. The molecule has 0 amide bonds. The molecule has 2 fully saturated rings. The van der Waals surface area contributed by atoms with Gasteiger partial charge in [-0.2, -0.15) is 0 Å². The lowest BCUT2D eigenvalue weighted by molar-refractivity contribution is -0.227. The Balaban J connectivity index is 1.81. The van der Waals surface area contributed by atoms with E-state index in [1.54, 1.807) is 0 Å². The summed E-state index contributed by atoms with van der Waals surface area (Å²) in [6, 6.07) is 20.6. The molecule has 2 aliphatic heterocycles. The second kappa shape index (κ2) is 8.65. The van der Waals surface area contributed by atoms with Crippen molar-refractivity contribution in [2.45, 2.75) is 76.1 Å². The topological polar surface area (TPSA) is 77.4 Å². The van der Waals surface area contributed by atoms with Crippen LogP contribution in [0.5, 0.6) is 0 Å². The molecule has 174 valence electrons. The van der Waals surface area contributed by atoms with Crippen LogP contribution in [-0.4, -0.2) is 61.6 Å².